The second kappa shape index (κ2) is 5.65. The van der Waals surface area contributed by atoms with Crippen LogP contribution >= 0.6 is 0 Å². The zero-order valence-corrected chi connectivity index (χ0v) is 11.0. The molecule has 2 nitrogen and oxygen atoms in total. The maximum absolute atomic E-state index is 5.99. The molecule has 2 heteroatoms. The summed E-state index contributed by atoms with van der Waals surface area (Å²) in [5.74, 6) is 0.857. The summed E-state index contributed by atoms with van der Waals surface area (Å²) >= 11 is 0. The van der Waals surface area contributed by atoms with Gasteiger partial charge in [-0.05, 0) is 37.8 Å². The van der Waals surface area contributed by atoms with E-state index in [0.29, 0.717) is 18.6 Å². The fourth-order valence-corrected chi connectivity index (χ4v) is 3.03. The normalized spacial score (nSPS) is 27.9. The van der Waals surface area contributed by atoms with Gasteiger partial charge < -0.3 is 5.73 Å². The standard InChI is InChI=1S/C15H24N2/c1-12-8-9-17(13(2)10-12)15(11-16)14-6-4-3-5-7-14/h3-7,12-13,15H,8-11,16H2,1-2H3. The minimum absolute atomic E-state index is 0.388. The Labute approximate surface area is 105 Å². The van der Waals surface area contributed by atoms with Crippen molar-refractivity contribution in [2.75, 3.05) is 13.1 Å². The van der Waals surface area contributed by atoms with Crippen molar-refractivity contribution in [2.45, 2.75) is 38.8 Å². The van der Waals surface area contributed by atoms with Gasteiger partial charge in [-0.1, -0.05) is 37.3 Å². The lowest BCUT2D eigenvalue weighted by atomic mass is 9.90. The van der Waals surface area contributed by atoms with Gasteiger partial charge >= 0.3 is 0 Å². The van der Waals surface area contributed by atoms with E-state index in [4.69, 9.17) is 5.73 Å². The molecule has 0 spiro atoms. The Bertz CT molecular complexity index is 336. The lowest BCUT2D eigenvalue weighted by Gasteiger charge is -2.41. The molecule has 1 aliphatic heterocycles. The van der Waals surface area contributed by atoms with Gasteiger partial charge in [0.15, 0.2) is 0 Å². The highest BCUT2D eigenvalue weighted by atomic mass is 15.2. The van der Waals surface area contributed by atoms with Crippen LogP contribution in [-0.4, -0.2) is 24.0 Å². The number of hydrogen-bond donors (Lipinski definition) is 1. The Balaban J connectivity index is 2.13. The van der Waals surface area contributed by atoms with Crippen LogP contribution in [0.25, 0.3) is 0 Å². The summed E-state index contributed by atoms with van der Waals surface area (Å²) < 4.78 is 0. The van der Waals surface area contributed by atoms with Gasteiger partial charge in [0.2, 0.25) is 0 Å². The third kappa shape index (κ3) is 2.88. The first-order valence-electron chi connectivity index (χ1n) is 6.73. The van der Waals surface area contributed by atoms with Crippen LogP contribution in [0, 0.1) is 5.92 Å². The molecule has 3 unspecified atom stereocenters. The van der Waals surface area contributed by atoms with E-state index < -0.39 is 0 Å². The summed E-state index contributed by atoms with van der Waals surface area (Å²) in [5.41, 5.74) is 7.35. The fraction of sp³-hybridized carbons (Fsp3) is 0.600. The molecule has 0 radical (unpaired) electrons. The second-order valence-electron chi connectivity index (χ2n) is 5.38. The van der Waals surface area contributed by atoms with E-state index in [0.717, 1.165) is 5.92 Å². The molecule has 1 aromatic carbocycles. The van der Waals surface area contributed by atoms with Crippen LogP contribution < -0.4 is 5.73 Å². The van der Waals surface area contributed by atoms with Crippen LogP contribution in [0.1, 0.15) is 38.3 Å². The smallest absolute Gasteiger partial charge is 0.0473 e. The minimum Gasteiger partial charge on any atom is -0.329 e. The lowest BCUT2D eigenvalue weighted by molar-refractivity contribution is 0.0847. The first-order chi connectivity index (χ1) is 8.22. The summed E-state index contributed by atoms with van der Waals surface area (Å²) in [6, 6.07) is 11.7. The molecular formula is C15H24N2. The van der Waals surface area contributed by atoms with Crippen LogP contribution in [-0.2, 0) is 0 Å². The van der Waals surface area contributed by atoms with Crippen molar-refractivity contribution in [2.24, 2.45) is 11.7 Å². The number of piperidine rings is 1. The van der Waals surface area contributed by atoms with E-state index in [1.165, 1.54) is 24.9 Å². The number of nitrogens with zero attached hydrogens (tertiary/aromatic N) is 1. The molecule has 2 N–H and O–H groups in total. The Hall–Kier alpha value is -0.860. The SMILES string of the molecule is CC1CCN(C(CN)c2ccccc2)C(C)C1. The molecule has 0 aliphatic carbocycles. The first kappa shape index (κ1) is 12.6. The molecule has 0 saturated carbocycles. The predicted molar refractivity (Wildman–Crippen MR) is 72.8 cm³/mol. The van der Waals surface area contributed by atoms with Gasteiger partial charge in [-0.15, -0.1) is 0 Å². The van der Waals surface area contributed by atoms with Gasteiger partial charge in [0.25, 0.3) is 0 Å². The molecule has 94 valence electrons. The van der Waals surface area contributed by atoms with Gasteiger partial charge in [0, 0.05) is 18.6 Å². The average molecular weight is 232 g/mol. The Morgan fingerprint density at radius 3 is 2.59 bits per heavy atom. The number of likely N-dealkylation sites (tertiary alicyclic amines) is 1. The van der Waals surface area contributed by atoms with Crippen LogP contribution in [0.3, 0.4) is 0 Å². The summed E-state index contributed by atoms with van der Waals surface area (Å²) in [6.45, 7) is 6.58. The monoisotopic (exact) mass is 232 g/mol. The van der Waals surface area contributed by atoms with Crippen molar-refractivity contribution in [3.05, 3.63) is 35.9 Å². The van der Waals surface area contributed by atoms with Crippen molar-refractivity contribution in [1.29, 1.82) is 0 Å². The Kier molecular flexibility index (Phi) is 4.19. The molecule has 1 fully saturated rings. The zero-order valence-electron chi connectivity index (χ0n) is 11.0. The third-order valence-electron chi connectivity index (χ3n) is 4.00. The van der Waals surface area contributed by atoms with E-state index in [9.17, 15) is 0 Å². The van der Waals surface area contributed by atoms with Crippen molar-refractivity contribution < 1.29 is 0 Å². The summed E-state index contributed by atoms with van der Waals surface area (Å²) in [4.78, 5) is 2.58. The van der Waals surface area contributed by atoms with Crippen LogP contribution in [0.2, 0.25) is 0 Å². The van der Waals surface area contributed by atoms with Gasteiger partial charge in [-0.25, -0.2) is 0 Å². The molecule has 1 heterocycles. The first-order valence-corrected chi connectivity index (χ1v) is 6.73. The van der Waals surface area contributed by atoms with Gasteiger partial charge in [0.05, 0.1) is 0 Å². The number of hydrogen-bond acceptors (Lipinski definition) is 2. The third-order valence-corrected chi connectivity index (χ3v) is 4.00. The molecule has 0 aromatic heterocycles. The van der Waals surface area contributed by atoms with Crippen molar-refractivity contribution in [3.63, 3.8) is 0 Å². The summed E-state index contributed by atoms with van der Waals surface area (Å²) in [5, 5.41) is 0. The van der Waals surface area contributed by atoms with Gasteiger partial charge in [0.1, 0.15) is 0 Å². The number of rotatable bonds is 3. The highest BCUT2D eigenvalue weighted by Gasteiger charge is 2.28. The Morgan fingerprint density at radius 1 is 1.29 bits per heavy atom. The van der Waals surface area contributed by atoms with Crippen LogP contribution in [0.4, 0.5) is 0 Å². The van der Waals surface area contributed by atoms with Crippen molar-refractivity contribution in [1.82, 2.24) is 4.90 Å². The minimum atomic E-state index is 0.388. The van der Waals surface area contributed by atoms with Gasteiger partial charge in [-0.3, -0.25) is 4.90 Å². The molecular weight excluding hydrogens is 208 g/mol. The largest absolute Gasteiger partial charge is 0.329 e. The average Bonchev–Trinajstić information content (AvgIpc) is 2.34. The lowest BCUT2D eigenvalue weighted by Crippen LogP contribution is -2.44. The predicted octanol–water partition coefficient (Wildman–Crippen LogP) is 2.81. The molecule has 0 amide bonds. The van der Waals surface area contributed by atoms with Crippen molar-refractivity contribution in [3.8, 4) is 0 Å². The number of nitrogens with two attached hydrogens (primary N) is 1. The van der Waals surface area contributed by atoms with E-state index in [-0.39, 0.29) is 0 Å². The quantitative estimate of drug-likeness (QED) is 0.868. The molecule has 1 aliphatic rings. The summed E-state index contributed by atoms with van der Waals surface area (Å²) in [6.07, 6.45) is 2.59. The van der Waals surface area contributed by atoms with E-state index in [1.54, 1.807) is 0 Å². The molecule has 17 heavy (non-hydrogen) atoms. The van der Waals surface area contributed by atoms with E-state index >= 15 is 0 Å². The molecule has 3 atom stereocenters. The highest BCUT2D eigenvalue weighted by molar-refractivity contribution is 5.19. The molecule has 0 bridgehead atoms. The molecule has 1 saturated heterocycles. The van der Waals surface area contributed by atoms with Gasteiger partial charge in [-0.2, -0.15) is 0 Å². The van der Waals surface area contributed by atoms with E-state index in [2.05, 4.69) is 49.1 Å². The maximum Gasteiger partial charge on any atom is 0.0473 e. The zero-order chi connectivity index (χ0) is 12.3. The molecule has 2 rings (SSSR count). The number of benzene rings is 1. The Morgan fingerprint density at radius 2 is 2.00 bits per heavy atom. The fourth-order valence-electron chi connectivity index (χ4n) is 3.03. The van der Waals surface area contributed by atoms with E-state index in [1.807, 2.05) is 0 Å². The highest BCUT2D eigenvalue weighted by Crippen LogP contribution is 2.30. The molecule has 1 aromatic rings. The van der Waals surface area contributed by atoms with Crippen LogP contribution in [0.15, 0.2) is 30.3 Å². The summed E-state index contributed by atoms with van der Waals surface area (Å²) in [7, 11) is 0. The van der Waals surface area contributed by atoms with Crippen molar-refractivity contribution >= 4 is 0 Å². The second-order valence-corrected chi connectivity index (χ2v) is 5.38. The topological polar surface area (TPSA) is 29.3 Å². The van der Waals surface area contributed by atoms with Crippen LogP contribution in [0.5, 0.6) is 0 Å². The maximum atomic E-state index is 5.99.